The molecule has 5 atom stereocenters. The predicted molar refractivity (Wildman–Crippen MR) is 79.1 cm³/mol. The van der Waals surface area contributed by atoms with Crippen LogP contribution in [0.15, 0.2) is 0 Å². The number of carbonyl (C=O) groups excluding carboxylic acids is 1. The molecule has 4 rings (SSSR count). The van der Waals surface area contributed by atoms with Gasteiger partial charge in [-0.05, 0) is 74.8 Å². The molecule has 3 saturated carbocycles. The molecule has 4 fully saturated rings. The number of nitrogens with one attached hydrogen (secondary N) is 2. The Hall–Kier alpha value is -0.570. The molecule has 2 N–H and O–H groups in total. The van der Waals surface area contributed by atoms with Crippen LogP contribution in [0.5, 0.6) is 0 Å². The summed E-state index contributed by atoms with van der Waals surface area (Å²) < 4.78 is 0. The molecule has 0 aromatic carbocycles. The third-order valence-electron chi connectivity index (χ3n) is 6.94. The molecule has 0 radical (unpaired) electrons. The van der Waals surface area contributed by atoms with Crippen LogP contribution in [0.4, 0.5) is 0 Å². The Labute approximate surface area is 122 Å². The van der Waals surface area contributed by atoms with Gasteiger partial charge < -0.3 is 10.6 Å². The van der Waals surface area contributed by atoms with E-state index in [-0.39, 0.29) is 5.41 Å². The van der Waals surface area contributed by atoms with Crippen LogP contribution in [0.3, 0.4) is 0 Å². The van der Waals surface area contributed by atoms with E-state index in [0.29, 0.717) is 17.9 Å². The maximum Gasteiger partial charge on any atom is 0.226 e. The molecule has 1 aliphatic heterocycles. The zero-order valence-corrected chi connectivity index (χ0v) is 12.8. The number of rotatable bonds is 3. The quantitative estimate of drug-likeness (QED) is 0.829. The smallest absolute Gasteiger partial charge is 0.226 e. The highest BCUT2D eigenvalue weighted by atomic mass is 16.2. The summed E-state index contributed by atoms with van der Waals surface area (Å²) in [5, 5.41) is 6.88. The van der Waals surface area contributed by atoms with Crippen molar-refractivity contribution in [3.05, 3.63) is 0 Å². The second-order valence-corrected chi connectivity index (χ2v) is 8.25. The first-order chi connectivity index (χ1) is 9.59. The van der Waals surface area contributed by atoms with Gasteiger partial charge in [0, 0.05) is 11.5 Å². The van der Waals surface area contributed by atoms with Gasteiger partial charge in [0.1, 0.15) is 0 Å². The zero-order valence-electron chi connectivity index (χ0n) is 12.8. The molecule has 0 aromatic heterocycles. The van der Waals surface area contributed by atoms with Crippen LogP contribution in [0.1, 0.15) is 46.0 Å². The first kappa shape index (κ1) is 13.1. The molecule has 4 aliphatic rings. The lowest BCUT2D eigenvalue weighted by Crippen LogP contribution is -2.48. The number of hydrogen-bond donors (Lipinski definition) is 2. The Bertz CT molecular complexity index is 397. The molecule has 3 heteroatoms. The molecular formula is C17H28N2O. The summed E-state index contributed by atoms with van der Waals surface area (Å²) in [6.07, 6.45) is 6.70. The second-order valence-electron chi connectivity index (χ2n) is 8.25. The molecule has 0 spiro atoms. The molecule has 1 amide bonds. The fraction of sp³-hybridized carbons (Fsp3) is 0.941. The molecular weight excluding hydrogens is 248 g/mol. The predicted octanol–water partition coefficient (Wildman–Crippen LogP) is 2.17. The molecule has 1 saturated heterocycles. The minimum Gasteiger partial charge on any atom is -0.352 e. The van der Waals surface area contributed by atoms with E-state index in [9.17, 15) is 4.79 Å². The third kappa shape index (κ3) is 1.85. The van der Waals surface area contributed by atoms with Crippen molar-refractivity contribution in [2.24, 2.45) is 35.0 Å². The Kier molecular flexibility index (Phi) is 2.93. The molecule has 3 aliphatic carbocycles. The van der Waals surface area contributed by atoms with Crippen molar-refractivity contribution in [1.29, 1.82) is 0 Å². The lowest BCUT2D eigenvalue weighted by molar-refractivity contribution is -0.133. The van der Waals surface area contributed by atoms with Crippen LogP contribution >= 0.6 is 0 Å². The van der Waals surface area contributed by atoms with Crippen LogP contribution in [0, 0.1) is 35.0 Å². The lowest BCUT2D eigenvalue weighted by Gasteiger charge is -2.36. The van der Waals surface area contributed by atoms with E-state index in [2.05, 4.69) is 24.5 Å². The van der Waals surface area contributed by atoms with Gasteiger partial charge in [-0.15, -0.1) is 0 Å². The van der Waals surface area contributed by atoms with Gasteiger partial charge in [0.25, 0.3) is 0 Å². The van der Waals surface area contributed by atoms with Crippen LogP contribution in [-0.4, -0.2) is 25.0 Å². The van der Waals surface area contributed by atoms with Gasteiger partial charge >= 0.3 is 0 Å². The van der Waals surface area contributed by atoms with Gasteiger partial charge in [0.05, 0.1) is 0 Å². The number of fused-ring (bicyclic) bond motifs is 5. The van der Waals surface area contributed by atoms with Crippen LogP contribution in [0.25, 0.3) is 0 Å². The van der Waals surface area contributed by atoms with E-state index in [0.717, 1.165) is 36.8 Å². The van der Waals surface area contributed by atoms with Crippen LogP contribution in [0.2, 0.25) is 0 Å². The second kappa shape index (κ2) is 4.46. The highest BCUT2D eigenvalue weighted by Gasteiger charge is 2.65. The van der Waals surface area contributed by atoms with E-state index in [1.54, 1.807) is 0 Å². The minimum atomic E-state index is -0.219. The van der Waals surface area contributed by atoms with Gasteiger partial charge in [-0.1, -0.05) is 13.8 Å². The van der Waals surface area contributed by atoms with Gasteiger partial charge in [-0.3, -0.25) is 4.79 Å². The summed E-state index contributed by atoms with van der Waals surface area (Å²) in [5.41, 5.74) is -0.219. The Morgan fingerprint density at radius 1 is 1.15 bits per heavy atom. The number of hydrogen-bond acceptors (Lipinski definition) is 2. The lowest BCUT2D eigenvalue weighted by atomic mass is 9.74. The van der Waals surface area contributed by atoms with Gasteiger partial charge in [-0.2, -0.15) is 0 Å². The summed E-state index contributed by atoms with van der Waals surface area (Å²) in [5.74, 6) is 4.37. The molecule has 0 aromatic rings. The third-order valence-corrected chi connectivity index (χ3v) is 6.94. The normalized spacial score (nSPS) is 46.1. The number of piperidine rings is 1. The van der Waals surface area contributed by atoms with E-state index >= 15 is 0 Å². The highest BCUT2D eigenvalue weighted by molar-refractivity contribution is 5.83. The van der Waals surface area contributed by atoms with Crippen molar-refractivity contribution < 1.29 is 4.79 Å². The molecule has 1 heterocycles. The zero-order chi connectivity index (χ0) is 13.9. The highest BCUT2D eigenvalue weighted by Crippen LogP contribution is 2.65. The Balaban J connectivity index is 1.38. The minimum absolute atomic E-state index is 0.219. The summed E-state index contributed by atoms with van der Waals surface area (Å²) in [6.45, 7) is 6.41. The van der Waals surface area contributed by atoms with Crippen LogP contribution < -0.4 is 10.6 Å². The Morgan fingerprint density at radius 3 is 2.45 bits per heavy atom. The van der Waals surface area contributed by atoms with Crippen molar-refractivity contribution in [3.63, 3.8) is 0 Å². The summed E-state index contributed by atoms with van der Waals surface area (Å²) in [7, 11) is 0. The van der Waals surface area contributed by atoms with Gasteiger partial charge in [0.2, 0.25) is 5.91 Å². The van der Waals surface area contributed by atoms with Crippen molar-refractivity contribution in [3.8, 4) is 0 Å². The van der Waals surface area contributed by atoms with E-state index < -0.39 is 0 Å². The first-order valence-corrected chi connectivity index (χ1v) is 8.60. The maximum atomic E-state index is 12.7. The summed E-state index contributed by atoms with van der Waals surface area (Å²) in [6, 6.07) is 0.532. The number of amides is 1. The van der Waals surface area contributed by atoms with Crippen LogP contribution in [-0.2, 0) is 4.79 Å². The fourth-order valence-corrected chi connectivity index (χ4v) is 5.51. The fourth-order valence-electron chi connectivity index (χ4n) is 5.51. The average Bonchev–Trinajstić information content (AvgIpc) is 2.85. The molecule has 2 bridgehead atoms. The van der Waals surface area contributed by atoms with E-state index in [1.165, 1.54) is 32.1 Å². The SMILES string of the molecule is CC(C)(C(=O)NC1C2C3CCC(C3)C12)C1CCCNC1. The summed E-state index contributed by atoms with van der Waals surface area (Å²) in [4.78, 5) is 12.7. The van der Waals surface area contributed by atoms with E-state index in [4.69, 9.17) is 0 Å². The standard InChI is InChI=1S/C17H28N2O/c1-17(2,12-4-3-7-18-9-12)16(20)19-15-13-10-5-6-11(8-10)14(13)15/h10-15,18H,3-9H2,1-2H3,(H,19,20). The Morgan fingerprint density at radius 2 is 1.85 bits per heavy atom. The monoisotopic (exact) mass is 276 g/mol. The van der Waals surface area contributed by atoms with E-state index in [1.807, 2.05) is 0 Å². The van der Waals surface area contributed by atoms with Gasteiger partial charge in [-0.25, -0.2) is 0 Å². The number of carbonyl (C=O) groups is 1. The average molecular weight is 276 g/mol. The van der Waals surface area contributed by atoms with Gasteiger partial charge in [0.15, 0.2) is 0 Å². The van der Waals surface area contributed by atoms with Crippen molar-refractivity contribution >= 4 is 5.91 Å². The molecule has 20 heavy (non-hydrogen) atoms. The molecule has 112 valence electrons. The molecule has 5 unspecified atom stereocenters. The van der Waals surface area contributed by atoms with Crippen molar-refractivity contribution in [2.75, 3.05) is 13.1 Å². The topological polar surface area (TPSA) is 41.1 Å². The summed E-state index contributed by atoms with van der Waals surface area (Å²) >= 11 is 0. The first-order valence-electron chi connectivity index (χ1n) is 8.60. The maximum absolute atomic E-state index is 12.7. The largest absolute Gasteiger partial charge is 0.352 e. The van der Waals surface area contributed by atoms with Crippen molar-refractivity contribution in [1.82, 2.24) is 10.6 Å². The molecule has 3 nitrogen and oxygen atoms in total. The van der Waals surface area contributed by atoms with Crippen molar-refractivity contribution in [2.45, 2.75) is 52.0 Å².